The fraction of sp³-hybridized carbons (Fsp3) is 0.830. The van der Waals surface area contributed by atoms with Crippen molar-refractivity contribution in [2.45, 2.75) is 232 Å². The van der Waals surface area contributed by atoms with Crippen LogP contribution in [0.1, 0.15) is 226 Å². The number of unbranched alkanes of at least 4 members (excludes halogenated alkanes) is 26. The summed E-state index contributed by atoms with van der Waals surface area (Å²) in [7, 11) is 1.66. The number of carbonyl (C=O) groups excluding carboxylic acids is 1. The van der Waals surface area contributed by atoms with Crippen LogP contribution < -0.4 is 0 Å². The highest BCUT2D eigenvalue weighted by Crippen LogP contribution is 2.43. The van der Waals surface area contributed by atoms with E-state index < -0.39 is 13.9 Å². The van der Waals surface area contributed by atoms with Gasteiger partial charge in [0.05, 0.1) is 34.4 Å². The van der Waals surface area contributed by atoms with Gasteiger partial charge in [-0.15, -0.1) is 0 Å². The fourth-order valence-corrected chi connectivity index (χ4v) is 7.83. The van der Waals surface area contributed by atoms with E-state index in [0.29, 0.717) is 24.1 Å². The van der Waals surface area contributed by atoms with E-state index in [-0.39, 0.29) is 25.8 Å². The first kappa shape index (κ1) is 60.5. The minimum atomic E-state index is -4.28. The van der Waals surface area contributed by atoms with Crippen molar-refractivity contribution in [3.8, 4) is 0 Å². The smallest absolute Gasteiger partial charge is 0.457 e. The first-order valence-corrected chi connectivity index (χ1v) is 27.4. The predicted octanol–water partition coefficient (Wildman–Crippen LogP) is 15.9. The normalized spacial score (nSPS) is 14.0. The van der Waals surface area contributed by atoms with E-state index >= 15 is 0 Å². The second-order valence-electron chi connectivity index (χ2n) is 18.5. The molecule has 9 heteroatoms. The molecule has 0 spiro atoms. The van der Waals surface area contributed by atoms with Gasteiger partial charge in [-0.1, -0.05) is 191 Å². The van der Waals surface area contributed by atoms with Crippen LogP contribution in [0.5, 0.6) is 0 Å². The molecule has 0 amide bonds. The Balaban J connectivity index is 4.12. The second-order valence-corrected chi connectivity index (χ2v) is 20.0. The number of rotatable bonds is 48. The van der Waals surface area contributed by atoms with Crippen molar-refractivity contribution < 1.29 is 37.3 Å². The van der Waals surface area contributed by atoms with Crippen LogP contribution >= 0.6 is 7.82 Å². The number of allylic oxidation sites excluding steroid dienone is 8. The van der Waals surface area contributed by atoms with Crippen molar-refractivity contribution in [2.75, 3.05) is 54.1 Å². The summed E-state index contributed by atoms with van der Waals surface area (Å²) in [5, 5.41) is 0. The minimum Gasteiger partial charge on any atom is -0.457 e. The lowest BCUT2D eigenvalue weighted by Gasteiger charge is -2.24. The number of nitrogens with zero attached hydrogens (tertiary/aromatic N) is 1. The van der Waals surface area contributed by atoms with Crippen molar-refractivity contribution in [3.05, 3.63) is 48.6 Å². The molecule has 8 nitrogen and oxygen atoms in total. The highest BCUT2D eigenvalue weighted by molar-refractivity contribution is 7.47. The van der Waals surface area contributed by atoms with Crippen LogP contribution in [0, 0.1) is 0 Å². The van der Waals surface area contributed by atoms with Crippen LogP contribution in [0.4, 0.5) is 0 Å². The molecule has 1 N–H and O–H groups in total. The van der Waals surface area contributed by atoms with E-state index in [1.165, 1.54) is 141 Å². The molecule has 364 valence electrons. The van der Waals surface area contributed by atoms with E-state index in [2.05, 4.69) is 62.5 Å². The van der Waals surface area contributed by atoms with Crippen LogP contribution in [0.3, 0.4) is 0 Å². The molecule has 2 unspecified atom stereocenters. The van der Waals surface area contributed by atoms with Gasteiger partial charge >= 0.3 is 13.8 Å². The Morgan fingerprint density at radius 1 is 0.500 bits per heavy atom. The molecule has 0 aromatic heterocycles. The van der Waals surface area contributed by atoms with Gasteiger partial charge in [-0.05, 0) is 77.0 Å². The SMILES string of the molecule is CCCCCC/C=C\C/C=C\CCCCCCCC(=O)OC(COCCCCCCCCCCCCCC/C=C\C/C=C\CCCCCCC)COP(=O)(O)OCC[N+](C)(C)C. The quantitative estimate of drug-likeness (QED) is 0.0214. The summed E-state index contributed by atoms with van der Waals surface area (Å²) in [6.45, 7) is 5.59. The molecule has 0 aliphatic carbocycles. The van der Waals surface area contributed by atoms with Gasteiger partial charge in [-0.3, -0.25) is 13.8 Å². The summed E-state index contributed by atoms with van der Waals surface area (Å²) in [6, 6.07) is 0. The van der Waals surface area contributed by atoms with Gasteiger partial charge < -0.3 is 18.9 Å². The third-order valence-electron chi connectivity index (χ3n) is 11.1. The van der Waals surface area contributed by atoms with Gasteiger partial charge in [0.15, 0.2) is 0 Å². The molecule has 0 fully saturated rings. The Hall–Kier alpha value is -1.54. The van der Waals surface area contributed by atoms with Crippen LogP contribution in [-0.4, -0.2) is 75.6 Å². The monoisotopic (exact) mass is 895 g/mol. The zero-order valence-electron chi connectivity index (χ0n) is 41.4. The van der Waals surface area contributed by atoms with Crippen molar-refractivity contribution in [1.82, 2.24) is 0 Å². The fourth-order valence-electron chi connectivity index (χ4n) is 7.08. The average Bonchev–Trinajstić information content (AvgIpc) is 3.23. The first-order valence-electron chi connectivity index (χ1n) is 25.9. The Morgan fingerprint density at radius 3 is 1.32 bits per heavy atom. The summed E-state index contributed by atoms with van der Waals surface area (Å²) in [4.78, 5) is 23.0. The highest BCUT2D eigenvalue weighted by atomic mass is 31.2. The summed E-state index contributed by atoms with van der Waals surface area (Å²) in [5.41, 5.74) is 0. The van der Waals surface area contributed by atoms with E-state index in [1.807, 2.05) is 21.1 Å². The van der Waals surface area contributed by atoms with Crippen molar-refractivity contribution >= 4 is 13.8 Å². The summed E-state index contributed by atoms with van der Waals surface area (Å²) in [6.07, 6.45) is 57.3. The molecule has 0 saturated heterocycles. The number of carbonyl (C=O) groups is 1. The van der Waals surface area contributed by atoms with Crippen LogP contribution in [0.2, 0.25) is 0 Å². The standard InChI is InChI=1S/C53H100NO7P/c1-6-8-10-12-14-16-18-20-22-24-25-26-27-28-29-30-31-33-35-37-39-41-43-45-48-58-50-52(51-60-62(56,57)59-49-47-54(3,4)5)61-53(55)46-44-42-40-38-36-34-32-23-21-19-17-15-13-11-9-7-2/h17-20,23-25,32,52H,6-16,21-22,26-31,33-51H2,1-5H3/p+1/b19-17-,20-18-,25-24-,32-23-. The van der Waals surface area contributed by atoms with Crippen LogP contribution in [-0.2, 0) is 27.9 Å². The molecule has 0 aliphatic rings. The van der Waals surface area contributed by atoms with Gasteiger partial charge in [0.1, 0.15) is 19.3 Å². The van der Waals surface area contributed by atoms with Gasteiger partial charge in [0, 0.05) is 13.0 Å². The highest BCUT2D eigenvalue weighted by Gasteiger charge is 2.26. The molecule has 0 bridgehead atoms. The van der Waals surface area contributed by atoms with E-state index in [0.717, 1.165) is 64.2 Å². The van der Waals surface area contributed by atoms with Crippen molar-refractivity contribution in [2.24, 2.45) is 0 Å². The maximum Gasteiger partial charge on any atom is 0.472 e. The summed E-state index contributed by atoms with van der Waals surface area (Å²) in [5.74, 6) is -0.326. The Bertz CT molecular complexity index is 1130. The second kappa shape index (κ2) is 46.0. The summed E-state index contributed by atoms with van der Waals surface area (Å²) < 4.78 is 35.1. The molecule has 0 rings (SSSR count). The minimum absolute atomic E-state index is 0.0847. The molecule has 0 aliphatic heterocycles. The van der Waals surface area contributed by atoms with E-state index in [1.54, 1.807) is 0 Å². The molecule has 0 heterocycles. The zero-order valence-corrected chi connectivity index (χ0v) is 42.3. The molecule has 2 atom stereocenters. The van der Waals surface area contributed by atoms with Gasteiger partial charge in [-0.2, -0.15) is 0 Å². The third-order valence-corrected chi connectivity index (χ3v) is 12.1. The first-order chi connectivity index (χ1) is 30.1. The molecule has 0 radical (unpaired) electrons. The maximum atomic E-state index is 12.7. The van der Waals surface area contributed by atoms with Crippen molar-refractivity contribution in [1.29, 1.82) is 0 Å². The molecule has 0 saturated carbocycles. The van der Waals surface area contributed by atoms with Gasteiger partial charge in [-0.25, -0.2) is 4.57 Å². The number of phosphoric ester groups is 1. The third kappa shape index (κ3) is 49.5. The Morgan fingerprint density at radius 2 is 0.887 bits per heavy atom. The van der Waals surface area contributed by atoms with Gasteiger partial charge in [0.2, 0.25) is 0 Å². The van der Waals surface area contributed by atoms with E-state index in [9.17, 15) is 14.3 Å². The average molecular weight is 895 g/mol. The van der Waals surface area contributed by atoms with E-state index in [4.69, 9.17) is 18.5 Å². The Kier molecular flexibility index (Phi) is 44.9. The lowest BCUT2D eigenvalue weighted by molar-refractivity contribution is -0.870. The number of hydrogen-bond donors (Lipinski definition) is 1. The molecular weight excluding hydrogens is 794 g/mol. The maximum absolute atomic E-state index is 12.7. The lowest BCUT2D eigenvalue weighted by Crippen LogP contribution is -2.37. The predicted molar refractivity (Wildman–Crippen MR) is 266 cm³/mol. The zero-order chi connectivity index (χ0) is 45.5. The Labute approximate surface area is 384 Å². The largest absolute Gasteiger partial charge is 0.472 e. The van der Waals surface area contributed by atoms with Crippen molar-refractivity contribution in [3.63, 3.8) is 0 Å². The number of esters is 1. The number of phosphoric acid groups is 1. The number of likely N-dealkylation sites (N-methyl/N-ethyl adjacent to an activating group) is 1. The molecule has 62 heavy (non-hydrogen) atoms. The lowest BCUT2D eigenvalue weighted by atomic mass is 10.0. The summed E-state index contributed by atoms with van der Waals surface area (Å²) >= 11 is 0. The number of ether oxygens (including phenoxy) is 2. The number of quaternary nitrogens is 1. The van der Waals surface area contributed by atoms with Crippen LogP contribution in [0.25, 0.3) is 0 Å². The van der Waals surface area contributed by atoms with Crippen LogP contribution in [0.15, 0.2) is 48.6 Å². The molecule has 0 aromatic rings. The molecule has 0 aromatic carbocycles. The molecular formula is C53H101NO7P+. The topological polar surface area (TPSA) is 91.3 Å². The van der Waals surface area contributed by atoms with Gasteiger partial charge in [0.25, 0.3) is 0 Å². The number of hydrogen-bond acceptors (Lipinski definition) is 6.